The lowest BCUT2D eigenvalue weighted by molar-refractivity contribution is -0.153. The Bertz CT molecular complexity index is 454. The minimum absolute atomic E-state index is 0.271. The number of hydrogen-bond donors (Lipinski definition) is 2. The number of methoxy groups -OCH3 is 1. The van der Waals surface area contributed by atoms with Gasteiger partial charge in [-0.2, -0.15) is 0 Å². The van der Waals surface area contributed by atoms with Crippen LogP contribution < -0.4 is 10.1 Å². The Hall–Kier alpha value is -2.04. The minimum Gasteiger partial charge on any atom is -0.497 e. The normalized spacial score (nSPS) is 10.8. The van der Waals surface area contributed by atoms with Gasteiger partial charge >= 0.3 is 5.97 Å². The Morgan fingerprint density at radius 1 is 1.39 bits per heavy atom. The van der Waals surface area contributed by atoms with Crippen LogP contribution in [0.25, 0.3) is 0 Å². The number of carbonyl (C=O) groups is 2. The molecule has 1 rings (SSSR count). The third kappa shape index (κ3) is 3.23. The summed E-state index contributed by atoms with van der Waals surface area (Å²) in [7, 11) is 1.56. The number of nitrogens with one attached hydrogen (secondary N) is 1. The van der Waals surface area contributed by atoms with Gasteiger partial charge in [-0.25, -0.2) is 0 Å². The Labute approximate surface area is 106 Å². The van der Waals surface area contributed by atoms with Crippen molar-refractivity contribution in [3.05, 3.63) is 29.8 Å². The maximum absolute atomic E-state index is 11.7. The van der Waals surface area contributed by atoms with Gasteiger partial charge in [-0.1, -0.05) is 12.1 Å². The van der Waals surface area contributed by atoms with Gasteiger partial charge in [-0.3, -0.25) is 9.59 Å². The van der Waals surface area contributed by atoms with E-state index in [4.69, 9.17) is 9.84 Å². The van der Waals surface area contributed by atoms with Crippen molar-refractivity contribution in [2.75, 3.05) is 7.11 Å². The zero-order valence-electron chi connectivity index (χ0n) is 10.7. The number of carbonyl (C=O) groups excluding carboxylic acids is 1. The van der Waals surface area contributed by atoms with Crippen LogP contribution in [0.3, 0.4) is 0 Å². The summed E-state index contributed by atoms with van der Waals surface area (Å²) in [6, 6.07) is 7.22. The summed E-state index contributed by atoms with van der Waals surface area (Å²) < 4.78 is 5.06. The highest BCUT2D eigenvalue weighted by Gasteiger charge is 2.35. The molecule has 0 atom stereocenters. The van der Waals surface area contributed by atoms with Crippen molar-refractivity contribution >= 4 is 11.9 Å². The third-order valence-electron chi connectivity index (χ3n) is 2.69. The van der Waals surface area contributed by atoms with E-state index in [0.29, 0.717) is 5.75 Å². The molecule has 0 aliphatic heterocycles. The smallest absolute Gasteiger partial charge is 0.318 e. The molecule has 0 aliphatic rings. The molecule has 0 heterocycles. The first-order chi connectivity index (χ1) is 8.37. The van der Waals surface area contributed by atoms with Crippen molar-refractivity contribution in [1.82, 2.24) is 5.32 Å². The zero-order valence-corrected chi connectivity index (χ0v) is 10.7. The molecule has 0 saturated heterocycles. The van der Waals surface area contributed by atoms with Crippen molar-refractivity contribution in [1.29, 1.82) is 0 Å². The van der Waals surface area contributed by atoms with Crippen LogP contribution in [0.1, 0.15) is 19.4 Å². The van der Waals surface area contributed by atoms with Crippen LogP contribution in [0.15, 0.2) is 24.3 Å². The molecule has 0 radical (unpaired) electrons. The number of ether oxygens (including phenoxy) is 1. The third-order valence-corrected chi connectivity index (χ3v) is 2.69. The summed E-state index contributed by atoms with van der Waals surface area (Å²) in [6.45, 7) is 3.01. The first-order valence-electron chi connectivity index (χ1n) is 5.52. The maximum Gasteiger partial charge on any atom is 0.318 e. The van der Waals surface area contributed by atoms with Gasteiger partial charge in [-0.05, 0) is 31.5 Å². The van der Waals surface area contributed by atoms with E-state index in [-0.39, 0.29) is 6.54 Å². The number of carboxylic acids is 1. The van der Waals surface area contributed by atoms with E-state index in [9.17, 15) is 9.59 Å². The van der Waals surface area contributed by atoms with E-state index in [1.165, 1.54) is 13.8 Å². The van der Waals surface area contributed by atoms with E-state index >= 15 is 0 Å². The topological polar surface area (TPSA) is 75.6 Å². The summed E-state index contributed by atoms with van der Waals surface area (Å²) >= 11 is 0. The molecule has 1 aromatic carbocycles. The summed E-state index contributed by atoms with van der Waals surface area (Å²) in [5, 5.41) is 11.5. The molecule has 5 nitrogen and oxygen atoms in total. The number of rotatable bonds is 5. The molecule has 98 valence electrons. The Kier molecular flexibility index (Phi) is 4.31. The molecule has 0 unspecified atom stereocenters. The predicted octanol–water partition coefficient (Wildman–Crippen LogP) is 1.42. The van der Waals surface area contributed by atoms with Gasteiger partial charge in [0, 0.05) is 6.54 Å². The summed E-state index contributed by atoms with van der Waals surface area (Å²) in [5.41, 5.74) is -0.581. The fourth-order valence-electron chi connectivity index (χ4n) is 1.28. The fourth-order valence-corrected chi connectivity index (χ4v) is 1.28. The highest BCUT2D eigenvalue weighted by atomic mass is 16.5. The van der Waals surface area contributed by atoms with Crippen molar-refractivity contribution in [2.24, 2.45) is 5.41 Å². The highest BCUT2D eigenvalue weighted by molar-refractivity contribution is 6.00. The van der Waals surface area contributed by atoms with Crippen LogP contribution >= 0.6 is 0 Å². The standard InChI is InChI=1S/C13H17NO4/c1-13(2,12(16)17)11(15)14-8-9-5-4-6-10(7-9)18-3/h4-7H,8H2,1-3H3,(H,14,15)(H,16,17). The van der Waals surface area contributed by atoms with E-state index < -0.39 is 17.3 Å². The first kappa shape index (κ1) is 14.0. The van der Waals surface area contributed by atoms with E-state index in [2.05, 4.69) is 5.32 Å². The lowest BCUT2D eigenvalue weighted by Gasteiger charge is -2.18. The summed E-state index contributed by atoms with van der Waals surface area (Å²) in [6.07, 6.45) is 0. The average molecular weight is 251 g/mol. The van der Waals surface area contributed by atoms with E-state index in [1.54, 1.807) is 19.2 Å². The quantitative estimate of drug-likeness (QED) is 0.776. The summed E-state index contributed by atoms with van der Waals surface area (Å²) in [4.78, 5) is 22.6. The predicted molar refractivity (Wildman–Crippen MR) is 66.3 cm³/mol. The second kappa shape index (κ2) is 5.53. The molecule has 0 spiro atoms. The molecule has 0 aromatic heterocycles. The first-order valence-corrected chi connectivity index (χ1v) is 5.52. The van der Waals surface area contributed by atoms with Gasteiger partial charge in [0.2, 0.25) is 5.91 Å². The molecular weight excluding hydrogens is 234 g/mol. The second-order valence-electron chi connectivity index (χ2n) is 4.46. The van der Waals surface area contributed by atoms with Gasteiger partial charge in [-0.15, -0.1) is 0 Å². The van der Waals surface area contributed by atoms with Gasteiger partial charge < -0.3 is 15.2 Å². The summed E-state index contributed by atoms with van der Waals surface area (Å²) in [5.74, 6) is -0.970. The molecule has 1 amide bonds. The highest BCUT2D eigenvalue weighted by Crippen LogP contribution is 2.16. The van der Waals surface area contributed by atoms with Gasteiger partial charge in [0.25, 0.3) is 0 Å². The van der Waals surface area contributed by atoms with Gasteiger partial charge in [0.15, 0.2) is 0 Å². The monoisotopic (exact) mass is 251 g/mol. The Morgan fingerprint density at radius 3 is 2.61 bits per heavy atom. The minimum atomic E-state index is -1.43. The maximum atomic E-state index is 11.7. The number of benzene rings is 1. The second-order valence-corrected chi connectivity index (χ2v) is 4.46. The molecule has 0 fully saturated rings. The fraction of sp³-hybridized carbons (Fsp3) is 0.385. The SMILES string of the molecule is COc1cccc(CNC(=O)C(C)(C)C(=O)O)c1. The lowest BCUT2D eigenvalue weighted by Crippen LogP contribution is -2.41. The van der Waals surface area contributed by atoms with E-state index in [0.717, 1.165) is 5.56 Å². The molecule has 5 heteroatoms. The Morgan fingerprint density at radius 2 is 2.06 bits per heavy atom. The lowest BCUT2D eigenvalue weighted by atomic mass is 9.92. The average Bonchev–Trinajstić information content (AvgIpc) is 2.35. The van der Waals surface area contributed by atoms with Crippen molar-refractivity contribution in [3.8, 4) is 5.75 Å². The Balaban J connectivity index is 2.65. The largest absolute Gasteiger partial charge is 0.497 e. The molecule has 1 aromatic rings. The number of carboxylic acid groups (broad SMARTS) is 1. The van der Waals surface area contributed by atoms with Crippen LogP contribution in [0.2, 0.25) is 0 Å². The molecular formula is C13H17NO4. The van der Waals surface area contributed by atoms with Crippen LogP contribution in [-0.4, -0.2) is 24.1 Å². The van der Waals surface area contributed by atoms with E-state index in [1.807, 2.05) is 12.1 Å². The van der Waals surface area contributed by atoms with Gasteiger partial charge in [0.1, 0.15) is 11.2 Å². The molecule has 0 aliphatic carbocycles. The molecule has 0 saturated carbocycles. The van der Waals surface area contributed by atoms with Crippen LogP contribution in [0.5, 0.6) is 5.75 Å². The number of aliphatic carboxylic acids is 1. The number of amides is 1. The van der Waals surface area contributed by atoms with Crippen LogP contribution in [-0.2, 0) is 16.1 Å². The van der Waals surface area contributed by atoms with Crippen LogP contribution in [0.4, 0.5) is 0 Å². The molecule has 18 heavy (non-hydrogen) atoms. The molecule has 0 bridgehead atoms. The zero-order chi connectivity index (χ0) is 13.8. The van der Waals surface area contributed by atoms with Crippen molar-refractivity contribution in [3.63, 3.8) is 0 Å². The van der Waals surface area contributed by atoms with Crippen LogP contribution in [0, 0.1) is 5.41 Å². The van der Waals surface area contributed by atoms with Crippen molar-refractivity contribution < 1.29 is 19.4 Å². The van der Waals surface area contributed by atoms with Gasteiger partial charge in [0.05, 0.1) is 7.11 Å². The van der Waals surface area contributed by atoms with Crippen molar-refractivity contribution in [2.45, 2.75) is 20.4 Å². The molecule has 2 N–H and O–H groups in total. The number of hydrogen-bond acceptors (Lipinski definition) is 3.